The van der Waals surface area contributed by atoms with Crippen LogP contribution in [0.4, 0.5) is 5.69 Å². The van der Waals surface area contributed by atoms with Crippen LogP contribution in [0, 0.1) is 0 Å². The largest absolute Gasteiger partial charge is 0.386 e. The number of aliphatic hydroxyl groups is 1. The number of benzene rings is 1. The van der Waals surface area contributed by atoms with Crippen LogP contribution in [0.3, 0.4) is 0 Å². The summed E-state index contributed by atoms with van der Waals surface area (Å²) in [6, 6.07) is 6.06. The van der Waals surface area contributed by atoms with Crippen molar-refractivity contribution in [2.75, 3.05) is 11.9 Å². The first kappa shape index (κ1) is 8.57. The Labute approximate surface area is 78.6 Å². The summed E-state index contributed by atoms with van der Waals surface area (Å²) in [5, 5.41) is 13.2. The third-order valence-corrected chi connectivity index (χ3v) is 2.53. The number of hydrogen-bond donors (Lipinski definition) is 2. The Morgan fingerprint density at radius 1 is 1.38 bits per heavy atom. The zero-order chi connectivity index (χ0) is 9.47. The van der Waals surface area contributed by atoms with Gasteiger partial charge in [0.15, 0.2) is 0 Å². The van der Waals surface area contributed by atoms with E-state index in [4.69, 9.17) is 0 Å². The topological polar surface area (TPSA) is 32.3 Å². The fraction of sp³-hybridized carbons (Fsp3) is 0.455. The summed E-state index contributed by atoms with van der Waals surface area (Å²) in [4.78, 5) is 0. The van der Waals surface area contributed by atoms with E-state index in [9.17, 15) is 5.11 Å². The first-order valence-electron chi connectivity index (χ1n) is 4.67. The van der Waals surface area contributed by atoms with E-state index < -0.39 is 5.60 Å². The molecule has 2 heteroatoms. The number of nitrogens with one attached hydrogen (secondary N) is 1. The van der Waals surface area contributed by atoms with Crippen molar-refractivity contribution in [3.05, 3.63) is 29.3 Å². The van der Waals surface area contributed by atoms with Gasteiger partial charge in [-0.1, -0.05) is 12.1 Å². The first-order valence-corrected chi connectivity index (χ1v) is 4.67. The SMILES string of the molecule is CC(C)(O)c1cccc2c1CCN2. The van der Waals surface area contributed by atoms with E-state index in [2.05, 4.69) is 11.4 Å². The molecule has 0 radical (unpaired) electrons. The zero-order valence-electron chi connectivity index (χ0n) is 8.09. The Kier molecular flexibility index (Phi) is 1.81. The van der Waals surface area contributed by atoms with Crippen LogP contribution in [0.2, 0.25) is 0 Å². The molecule has 1 aliphatic heterocycles. The van der Waals surface area contributed by atoms with Gasteiger partial charge in [-0.25, -0.2) is 0 Å². The van der Waals surface area contributed by atoms with Crippen LogP contribution >= 0.6 is 0 Å². The van der Waals surface area contributed by atoms with Crippen LogP contribution in [-0.2, 0) is 12.0 Å². The van der Waals surface area contributed by atoms with Crippen molar-refractivity contribution >= 4 is 5.69 Å². The van der Waals surface area contributed by atoms with Crippen LogP contribution in [0.25, 0.3) is 0 Å². The highest BCUT2D eigenvalue weighted by atomic mass is 16.3. The summed E-state index contributed by atoms with van der Waals surface area (Å²) in [5.41, 5.74) is 2.78. The van der Waals surface area contributed by atoms with E-state index in [1.54, 1.807) is 0 Å². The number of hydrogen-bond acceptors (Lipinski definition) is 2. The lowest BCUT2D eigenvalue weighted by Crippen LogP contribution is -2.17. The molecule has 1 aliphatic rings. The molecule has 0 bridgehead atoms. The molecule has 1 aromatic carbocycles. The summed E-state index contributed by atoms with van der Waals surface area (Å²) < 4.78 is 0. The summed E-state index contributed by atoms with van der Waals surface area (Å²) in [5.74, 6) is 0. The molecule has 0 amide bonds. The Morgan fingerprint density at radius 2 is 2.15 bits per heavy atom. The normalized spacial score (nSPS) is 15.3. The predicted molar refractivity (Wildman–Crippen MR) is 53.9 cm³/mol. The molecule has 2 nitrogen and oxygen atoms in total. The second-order valence-corrected chi connectivity index (χ2v) is 4.07. The summed E-state index contributed by atoms with van der Waals surface area (Å²) in [6.07, 6.45) is 1.02. The molecular weight excluding hydrogens is 162 g/mol. The van der Waals surface area contributed by atoms with Crippen molar-refractivity contribution in [2.45, 2.75) is 25.9 Å². The molecule has 0 aromatic heterocycles. The van der Waals surface area contributed by atoms with Crippen LogP contribution < -0.4 is 5.32 Å². The molecule has 0 saturated carbocycles. The van der Waals surface area contributed by atoms with Crippen molar-refractivity contribution in [2.24, 2.45) is 0 Å². The number of rotatable bonds is 1. The maximum atomic E-state index is 9.93. The minimum atomic E-state index is -0.725. The van der Waals surface area contributed by atoms with Crippen molar-refractivity contribution in [3.8, 4) is 0 Å². The fourth-order valence-electron chi connectivity index (χ4n) is 1.92. The molecule has 70 valence electrons. The minimum absolute atomic E-state index is 0.725. The van der Waals surface area contributed by atoms with Gasteiger partial charge in [-0.15, -0.1) is 0 Å². The van der Waals surface area contributed by atoms with Crippen molar-refractivity contribution in [3.63, 3.8) is 0 Å². The van der Waals surface area contributed by atoms with Gasteiger partial charge in [0.05, 0.1) is 5.60 Å². The maximum Gasteiger partial charge on any atom is 0.0843 e. The van der Waals surface area contributed by atoms with Gasteiger partial charge >= 0.3 is 0 Å². The van der Waals surface area contributed by atoms with Crippen LogP contribution in [-0.4, -0.2) is 11.7 Å². The Balaban J connectivity index is 2.54. The monoisotopic (exact) mass is 177 g/mol. The number of fused-ring (bicyclic) bond motifs is 1. The minimum Gasteiger partial charge on any atom is -0.386 e. The van der Waals surface area contributed by atoms with E-state index in [0.29, 0.717) is 0 Å². The lowest BCUT2D eigenvalue weighted by atomic mass is 9.92. The molecule has 2 rings (SSSR count). The third-order valence-electron chi connectivity index (χ3n) is 2.53. The second kappa shape index (κ2) is 2.74. The van der Waals surface area contributed by atoms with Crippen LogP contribution in [0.5, 0.6) is 0 Å². The standard InChI is InChI=1S/C11H15NO/c1-11(2,13)9-4-3-5-10-8(9)6-7-12-10/h3-5,12-13H,6-7H2,1-2H3. The average molecular weight is 177 g/mol. The van der Waals surface area contributed by atoms with Crippen LogP contribution in [0.1, 0.15) is 25.0 Å². The van der Waals surface area contributed by atoms with E-state index in [1.165, 1.54) is 11.3 Å². The van der Waals surface area contributed by atoms with Gasteiger partial charge in [0, 0.05) is 12.2 Å². The highest BCUT2D eigenvalue weighted by Gasteiger charge is 2.23. The van der Waals surface area contributed by atoms with Gasteiger partial charge in [0.1, 0.15) is 0 Å². The van der Waals surface area contributed by atoms with Gasteiger partial charge in [-0.05, 0) is 37.5 Å². The quantitative estimate of drug-likeness (QED) is 0.686. The van der Waals surface area contributed by atoms with E-state index in [-0.39, 0.29) is 0 Å². The molecule has 0 aliphatic carbocycles. The van der Waals surface area contributed by atoms with Gasteiger partial charge < -0.3 is 10.4 Å². The first-order chi connectivity index (χ1) is 6.09. The summed E-state index contributed by atoms with van der Waals surface area (Å²) in [6.45, 7) is 4.66. The molecular formula is C11H15NO. The third kappa shape index (κ3) is 1.42. The second-order valence-electron chi connectivity index (χ2n) is 4.07. The molecule has 13 heavy (non-hydrogen) atoms. The predicted octanol–water partition coefficient (Wildman–Crippen LogP) is 1.88. The fourth-order valence-corrected chi connectivity index (χ4v) is 1.92. The van der Waals surface area contributed by atoms with E-state index in [1.807, 2.05) is 26.0 Å². The highest BCUT2D eigenvalue weighted by Crippen LogP contribution is 2.31. The van der Waals surface area contributed by atoms with E-state index in [0.717, 1.165) is 18.5 Å². The lowest BCUT2D eigenvalue weighted by molar-refractivity contribution is 0.0778. The molecule has 0 saturated heterocycles. The van der Waals surface area contributed by atoms with Gasteiger partial charge in [-0.2, -0.15) is 0 Å². The summed E-state index contributed by atoms with van der Waals surface area (Å²) in [7, 11) is 0. The van der Waals surface area contributed by atoms with Gasteiger partial charge in [-0.3, -0.25) is 0 Å². The van der Waals surface area contributed by atoms with E-state index >= 15 is 0 Å². The Morgan fingerprint density at radius 3 is 2.85 bits per heavy atom. The molecule has 2 N–H and O–H groups in total. The van der Waals surface area contributed by atoms with Gasteiger partial charge in [0.25, 0.3) is 0 Å². The molecule has 1 heterocycles. The maximum absolute atomic E-state index is 9.93. The van der Waals surface area contributed by atoms with Crippen molar-refractivity contribution in [1.29, 1.82) is 0 Å². The molecule has 0 spiro atoms. The molecule has 0 atom stereocenters. The lowest BCUT2D eigenvalue weighted by Gasteiger charge is -2.20. The smallest absolute Gasteiger partial charge is 0.0843 e. The Hall–Kier alpha value is -1.02. The van der Waals surface area contributed by atoms with Crippen LogP contribution in [0.15, 0.2) is 18.2 Å². The zero-order valence-corrected chi connectivity index (χ0v) is 8.09. The van der Waals surface area contributed by atoms with Crippen molar-refractivity contribution < 1.29 is 5.11 Å². The molecule has 0 unspecified atom stereocenters. The Bertz CT molecular complexity index is 325. The van der Waals surface area contributed by atoms with Crippen molar-refractivity contribution in [1.82, 2.24) is 0 Å². The number of anilines is 1. The highest BCUT2D eigenvalue weighted by molar-refractivity contribution is 5.59. The molecule has 1 aromatic rings. The van der Waals surface area contributed by atoms with Gasteiger partial charge in [0.2, 0.25) is 0 Å². The molecule has 0 fully saturated rings. The summed E-state index contributed by atoms with van der Waals surface area (Å²) >= 11 is 0. The average Bonchev–Trinajstić information content (AvgIpc) is 2.48.